The lowest BCUT2D eigenvalue weighted by molar-refractivity contribution is -0.137. The summed E-state index contributed by atoms with van der Waals surface area (Å²) in [6.45, 7) is 2.98. The van der Waals surface area contributed by atoms with Crippen molar-refractivity contribution >= 4 is 0 Å². The van der Waals surface area contributed by atoms with Crippen LogP contribution in [0.1, 0.15) is 24.8 Å². The van der Waals surface area contributed by atoms with Crippen LogP contribution in [-0.4, -0.2) is 48.0 Å². The second kappa shape index (κ2) is 9.41. The molecule has 1 fully saturated rings. The lowest BCUT2D eigenvalue weighted by Gasteiger charge is -2.26. The first-order chi connectivity index (χ1) is 13.9. The second-order valence-corrected chi connectivity index (χ2v) is 6.97. The second-order valence-electron chi connectivity index (χ2n) is 6.97. The normalized spacial score (nSPS) is 15.4. The molecule has 0 saturated carbocycles. The van der Waals surface area contributed by atoms with Gasteiger partial charge in [-0.15, -0.1) is 0 Å². The van der Waals surface area contributed by atoms with Crippen molar-refractivity contribution in [3.05, 3.63) is 46.6 Å². The quantitative estimate of drug-likeness (QED) is 0.654. The number of piperidine rings is 1. The summed E-state index contributed by atoms with van der Waals surface area (Å²) in [4.78, 5) is 19.4. The van der Waals surface area contributed by atoms with Crippen molar-refractivity contribution in [3.63, 3.8) is 0 Å². The van der Waals surface area contributed by atoms with E-state index in [-0.39, 0.29) is 29.2 Å². The highest BCUT2D eigenvalue weighted by Gasteiger charge is 2.31. The van der Waals surface area contributed by atoms with Crippen LogP contribution in [0.2, 0.25) is 0 Å². The standard InChI is InChI=1S/C20H24F3N3O3/c1-28-14-29-18-11-15(20(21,22)23)5-6-16(18)17-12-24-13-26(19(17)27)10-9-25-7-3-2-4-8-25/h5-6,11-13H,2-4,7-10,14H2,1H3. The maximum atomic E-state index is 13.1. The number of hydrogen-bond acceptors (Lipinski definition) is 5. The van der Waals surface area contributed by atoms with Gasteiger partial charge < -0.3 is 14.4 Å². The van der Waals surface area contributed by atoms with E-state index in [1.54, 1.807) is 0 Å². The predicted molar refractivity (Wildman–Crippen MR) is 102 cm³/mol. The van der Waals surface area contributed by atoms with Crippen LogP contribution in [0.5, 0.6) is 5.75 Å². The molecule has 2 heterocycles. The fourth-order valence-corrected chi connectivity index (χ4v) is 3.39. The molecular weight excluding hydrogens is 387 g/mol. The molecule has 3 rings (SSSR count). The first-order valence-corrected chi connectivity index (χ1v) is 9.50. The van der Waals surface area contributed by atoms with Gasteiger partial charge in [0.25, 0.3) is 5.56 Å². The first-order valence-electron chi connectivity index (χ1n) is 9.50. The molecule has 6 nitrogen and oxygen atoms in total. The number of ether oxygens (including phenoxy) is 2. The van der Waals surface area contributed by atoms with Crippen LogP contribution in [0, 0.1) is 0 Å². The molecule has 0 N–H and O–H groups in total. The van der Waals surface area contributed by atoms with Crippen LogP contribution in [0.3, 0.4) is 0 Å². The minimum absolute atomic E-state index is 0.0747. The monoisotopic (exact) mass is 411 g/mol. The number of hydrogen-bond donors (Lipinski definition) is 0. The Balaban J connectivity index is 1.89. The van der Waals surface area contributed by atoms with E-state index < -0.39 is 11.7 Å². The number of methoxy groups -OCH3 is 1. The highest BCUT2D eigenvalue weighted by molar-refractivity contribution is 5.69. The number of likely N-dealkylation sites (tertiary alicyclic amines) is 1. The Hall–Kier alpha value is -2.39. The summed E-state index contributed by atoms with van der Waals surface area (Å²) in [5.74, 6) is -0.0747. The molecule has 0 atom stereocenters. The van der Waals surface area contributed by atoms with Crippen LogP contribution >= 0.6 is 0 Å². The van der Waals surface area contributed by atoms with Gasteiger partial charge in [-0.25, -0.2) is 4.98 Å². The topological polar surface area (TPSA) is 56.6 Å². The molecule has 1 saturated heterocycles. The van der Waals surface area contributed by atoms with Crippen LogP contribution in [0.4, 0.5) is 13.2 Å². The Morgan fingerprint density at radius 3 is 2.55 bits per heavy atom. The van der Waals surface area contributed by atoms with Crippen LogP contribution < -0.4 is 10.3 Å². The highest BCUT2D eigenvalue weighted by atomic mass is 19.4. The largest absolute Gasteiger partial charge is 0.467 e. The Morgan fingerprint density at radius 1 is 1.10 bits per heavy atom. The Morgan fingerprint density at radius 2 is 1.86 bits per heavy atom. The zero-order chi connectivity index (χ0) is 20.9. The maximum absolute atomic E-state index is 13.1. The van der Waals surface area contributed by atoms with Gasteiger partial charge in [0.05, 0.1) is 17.5 Å². The van der Waals surface area contributed by atoms with Crippen molar-refractivity contribution in [2.24, 2.45) is 0 Å². The molecule has 2 aromatic rings. The number of halogens is 3. The third-order valence-corrected chi connectivity index (χ3v) is 4.94. The van der Waals surface area contributed by atoms with Crippen molar-refractivity contribution in [1.29, 1.82) is 0 Å². The highest BCUT2D eigenvalue weighted by Crippen LogP contribution is 2.36. The SMILES string of the molecule is COCOc1cc(C(F)(F)F)ccc1-c1cncn(CCN2CCCCC2)c1=O. The molecule has 158 valence electrons. The summed E-state index contributed by atoms with van der Waals surface area (Å²) in [6.07, 6.45) is 1.81. The minimum Gasteiger partial charge on any atom is -0.467 e. The molecule has 0 unspecified atom stereocenters. The fourth-order valence-electron chi connectivity index (χ4n) is 3.39. The minimum atomic E-state index is -4.52. The first kappa shape index (κ1) is 21.3. The van der Waals surface area contributed by atoms with Crippen LogP contribution in [0.15, 0.2) is 35.5 Å². The Bertz CT molecular complexity index is 877. The fraction of sp³-hybridized carbons (Fsp3) is 0.500. The van der Waals surface area contributed by atoms with Crippen molar-refractivity contribution in [2.75, 3.05) is 33.5 Å². The van der Waals surface area contributed by atoms with Gasteiger partial charge in [0.1, 0.15) is 5.75 Å². The summed E-state index contributed by atoms with van der Waals surface area (Å²) >= 11 is 0. The Labute approximate surface area is 166 Å². The lowest BCUT2D eigenvalue weighted by atomic mass is 10.0. The van der Waals surface area contributed by atoms with Gasteiger partial charge in [0.2, 0.25) is 0 Å². The van der Waals surface area contributed by atoms with Gasteiger partial charge in [0.15, 0.2) is 6.79 Å². The average molecular weight is 411 g/mol. The van der Waals surface area contributed by atoms with E-state index in [9.17, 15) is 18.0 Å². The molecule has 0 spiro atoms. The molecular formula is C20H24F3N3O3. The number of benzene rings is 1. The molecule has 1 aromatic carbocycles. The predicted octanol–water partition coefficient (Wildman–Crippen LogP) is 3.40. The Kier molecular flexibility index (Phi) is 6.92. The zero-order valence-corrected chi connectivity index (χ0v) is 16.2. The average Bonchev–Trinajstić information content (AvgIpc) is 2.71. The van der Waals surface area contributed by atoms with Crippen LogP contribution in [-0.2, 0) is 17.5 Å². The molecule has 1 aliphatic rings. The molecule has 0 bridgehead atoms. The van der Waals surface area contributed by atoms with Crippen molar-refractivity contribution in [1.82, 2.24) is 14.5 Å². The summed E-state index contributed by atoms with van der Waals surface area (Å²) in [5, 5.41) is 0. The van der Waals surface area contributed by atoms with Gasteiger partial charge in [-0.2, -0.15) is 13.2 Å². The van der Waals surface area contributed by atoms with E-state index in [2.05, 4.69) is 9.88 Å². The van der Waals surface area contributed by atoms with Gasteiger partial charge in [-0.3, -0.25) is 9.36 Å². The number of aromatic nitrogens is 2. The zero-order valence-electron chi connectivity index (χ0n) is 16.2. The van der Waals surface area contributed by atoms with E-state index >= 15 is 0 Å². The van der Waals surface area contributed by atoms with Crippen molar-refractivity contribution in [2.45, 2.75) is 32.0 Å². The molecule has 1 aliphatic heterocycles. The molecule has 0 aliphatic carbocycles. The summed E-state index contributed by atoms with van der Waals surface area (Å²) < 4.78 is 50.8. The summed E-state index contributed by atoms with van der Waals surface area (Å²) in [6, 6.07) is 3.04. The van der Waals surface area contributed by atoms with E-state index in [4.69, 9.17) is 9.47 Å². The smallest absolute Gasteiger partial charge is 0.416 e. The van der Waals surface area contributed by atoms with Gasteiger partial charge >= 0.3 is 6.18 Å². The van der Waals surface area contributed by atoms with E-state index in [0.717, 1.165) is 44.6 Å². The third-order valence-electron chi connectivity index (χ3n) is 4.94. The number of nitrogens with zero attached hydrogens (tertiary/aromatic N) is 3. The van der Waals surface area contributed by atoms with Crippen LogP contribution in [0.25, 0.3) is 11.1 Å². The summed E-state index contributed by atoms with van der Waals surface area (Å²) in [5.41, 5.74) is -0.744. The molecule has 0 radical (unpaired) electrons. The van der Waals surface area contributed by atoms with Gasteiger partial charge in [0, 0.05) is 32.0 Å². The van der Waals surface area contributed by atoms with E-state index in [0.29, 0.717) is 6.54 Å². The van der Waals surface area contributed by atoms with E-state index in [1.807, 2.05) is 0 Å². The van der Waals surface area contributed by atoms with Crippen molar-refractivity contribution in [3.8, 4) is 16.9 Å². The van der Waals surface area contributed by atoms with Gasteiger partial charge in [-0.1, -0.05) is 6.42 Å². The molecule has 0 amide bonds. The van der Waals surface area contributed by atoms with Gasteiger partial charge in [-0.05, 0) is 44.1 Å². The van der Waals surface area contributed by atoms with Crippen molar-refractivity contribution < 1.29 is 22.6 Å². The molecule has 1 aromatic heterocycles. The lowest BCUT2D eigenvalue weighted by Crippen LogP contribution is -2.35. The molecule has 9 heteroatoms. The maximum Gasteiger partial charge on any atom is 0.416 e. The summed E-state index contributed by atoms with van der Waals surface area (Å²) in [7, 11) is 1.37. The van der Waals surface area contributed by atoms with E-state index in [1.165, 1.54) is 36.7 Å². The molecule has 29 heavy (non-hydrogen) atoms. The number of rotatable bonds is 7. The third kappa shape index (κ3) is 5.36. The number of alkyl halides is 3.